The molecule has 1 aliphatic rings. The number of rotatable bonds is 2. The summed E-state index contributed by atoms with van der Waals surface area (Å²) >= 11 is 4.83. The molecule has 3 rings (SSSR count). The van der Waals surface area contributed by atoms with Crippen molar-refractivity contribution in [2.24, 2.45) is 0 Å². The number of halogens is 2. The van der Waals surface area contributed by atoms with Gasteiger partial charge in [-0.1, -0.05) is 0 Å². The molecule has 0 aliphatic carbocycles. The van der Waals surface area contributed by atoms with E-state index in [4.69, 9.17) is 0 Å². The van der Waals surface area contributed by atoms with Crippen LogP contribution in [0.3, 0.4) is 0 Å². The SMILES string of the molecule is O=C(c1ccc(F)cc1)N1CCN(C(=O)c2csc(Br)c2)CC1. The number of carbonyl (C=O) groups is 2. The van der Waals surface area contributed by atoms with Gasteiger partial charge in [0.15, 0.2) is 0 Å². The Labute approximate surface area is 145 Å². The lowest BCUT2D eigenvalue weighted by Crippen LogP contribution is -2.50. The van der Waals surface area contributed by atoms with E-state index in [2.05, 4.69) is 15.9 Å². The molecule has 1 aromatic carbocycles. The van der Waals surface area contributed by atoms with Crippen molar-refractivity contribution >= 4 is 39.1 Å². The third-order valence-corrected chi connectivity index (χ3v) is 5.26. The second kappa shape index (κ2) is 6.80. The summed E-state index contributed by atoms with van der Waals surface area (Å²) in [6.07, 6.45) is 0. The van der Waals surface area contributed by atoms with E-state index < -0.39 is 0 Å². The Bertz CT molecular complexity index is 724. The van der Waals surface area contributed by atoms with Gasteiger partial charge in [0.2, 0.25) is 0 Å². The van der Waals surface area contributed by atoms with Crippen LogP contribution < -0.4 is 0 Å². The average molecular weight is 397 g/mol. The number of thiophene rings is 1. The van der Waals surface area contributed by atoms with Crippen LogP contribution in [0.2, 0.25) is 0 Å². The Balaban J connectivity index is 1.61. The molecule has 2 heterocycles. The summed E-state index contributed by atoms with van der Waals surface area (Å²) in [5.74, 6) is -0.505. The van der Waals surface area contributed by atoms with Gasteiger partial charge < -0.3 is 9.80 Å². The highest BCUT2D eigenvalue weighted by Crippen LogP contribution is 2.22. The van der Waals surface area contributed by atoms with Gasteiger partial charge in [-0.05, 0) is 46.3 Å². The number of benzene rings is 1. The van der Waals surface area contributed by atoms with Crippen LogP contribution in [0, 0.1) is 5.82 Å². The monoisotopic (exact) mass is 396 g/mol. The summed E-state index contributed by atoms with van der Waals surface area (Å²) < 4.78 is 13.8. The molecule has 120 valence electrons. The number of hydrogen-bond donors (Lipinski definition) is 0. The molecule has 1 saturated heterocycles. The molecule has 23 heavy (non-hydrogen) atoms. The topological polar surface area (TPSA) is 40.6 Å². The third kappa shape index (κ3) is 3.61. The Morgan fingerprint density at radius 1 is 0.957 bits per heavy atom. The van der Waals surface area contributed by atoms with E-state index in [1.807, 2.05) is 11.4 Å². The molecule has 2 aromatic rings. The van der Waals surface area contributed by atoms with Crippen LogP contribution in [0.1, 0.15) is 20.7 Å². The molecule has 0 atom stereocenters. The first kappa shape index (κ1) is 16.1. The quantitative estimate of drug-likeness (QED) is 0.781. The standard InChI is InChI=1S/C16H14BrFN2O2S/c17-14-9-12(10-23-14)16(22)20-7-5-19(6-8-20)15(21)11-1-3-13(18)4-2-11/h1-4,9-10H,5-8H2. The third-order valence-electron chi connectivity index (χ3n) is 3.76. The van der Waals surface area contributed by atoms with Crippen LogP contribution in [0.4, 0.5) is 4.39 Å². The number of hydrogen-bond acceptors (Lipinski definition) is 3. The summed E-state index contributed by atoms with van der Waals surface area (Å²) in [5, 5.41) is 1.82. The first-order valence-corrected chi connectivity index (χ1v) is 8.80. The minimum atomic E-state index is -0.362. The van der Waals surface area contributed by atoms with Crippen molar-refractivity contribution in [1.82, 2.24) is 9.80 Å². The summed E-state index contributed by atoms with van der Waals surface area (Å²) in [6.45, 7) is 1.96. The van der Waals surface area contributed by atoms with Gasteiger partial charge in [-0.2, -0.15) is 0 Å². The maximum atomic E-state index is 12.9. The van der Waals surface area contributed by atoms with Crippen LogP contribution in [-0.4, -0.2) is 47.8 Å². The molecular formula is C16H14BrFN2O2S. The Morgan fingerprint density at radius 3 is 1.96 bits per heavy atom. The van der Waals surface area contributed by atoms with Crippen molar-refractivity contribution in [3.05, 3.63) is 56.4 Å². The fourth-order valence-corrected chi connectivity index (χ4v) is 3.62. The van der Waals surface area contributed by atoms with Crippen molar-refractivity contribution in [3.8, 4) is 0 Å². The van der Waals surface area contributed by atoms with Crippen molar-refractivity contribution in [2.75, 3.05) is 26.2 Å². The van der Waals surface area contributed by atoms with E-state index >= 15 is 0 Å². The molecule has 1 aliphatic heterocycles. The van der Waals surface area contributed by atoms with E-state index in [-0.39, 0.29) is 17.6 Å². The van der Waals surface area contributed by atoms with Crippen LogP contribution in [0.25, 0.3) is 0 Å². The smallest absolute Gasteiger partial charge is 0.254 e. The molecule has 4 nitrogen and oxygen atoms in total. The van der Waals surface area contributed by atoms with Crippen molar-refractivity contribution < 1.29 is 14.0 Å². The zero-order chi connectivity index (χ0) is 16.4. The van der Waals surface area contributed by atoms with Crippen LogP contribution in [0.5, 0.6) is 0 Å². The van der Waals surface area contributed by atoms with Gasteiger partial charge in [0, 0.05) is 37.1 Å². The van der Waals surface area contributed by atoms with Gasteiger partial charge in [0.1, 0.15) is 5.82 Å². The fourth-order valence-electron chi connectivity index (χ4n) is 2.49. The predicted molar refractivity (Wildman–Crippen MR) is 90.2 cm³/mol. The Hall–Kier alpha value is -1.73. The normalized spacial score (nSPS) is 14.9. The Morgan fingerprint density at radius 2 is 1.48 bits per heavy atom. The molecule has 7 heteroatoms. The zero-order valence-electron chi connectivity index (χ0n) is 12.2. The molecule has 2 amide bonds. The lowest BCUT2D eigenvalue weighted by Gasteiger charge is -2.34. The van der Waals surface area contributed by atoms with Gasteiger partial charge in [-0.15, -0.1) is 11.3 Å². The minimum absolute atomic E-state index is 0.0131. The summed E-state index contributed by atoms with van der Waals surface area (Å²) in [6, 6.07) is 7.34. The maximum Gasteiger partial charge on any atom is 0.254 e. The lowest BCUT2D eigenvalue weighted by atomic mass is 10.1. The van der Waals surface area contributed by atoms with E-state index in [0.717, 1.165) is 3.79 Å². The molecule has 0 N–H and O–H groups in total. The van der Waals surface area contributed by atoms with Crippen molar-refractivity contribution in [3.63, 3.8) is 0 Å². The van der Waals surface area contributed by atoms with Gasteiger partial charge in [-0.25, -0.2) is 4.39 Å². The van der Waals surface area contributed by atoms with Gasteiger partial charge >= 0.3 is 0 Å². The van der Waals surface area contributed by atoms with E-state index in [1.165, 1.54) is 35.6 Å². The largest absolute Gasteiger partial charge is 0.335 e. The number of nitrogens with zero attached hydrogens (tertiary/aromatic N) is 2. The molecule has 1 fully saturated rings. The highest BCUT2D eigenvalue weighted by molar-refractivity contribution is 9.11. The highest BCUT2D eigenvalue weighted by Gasteiger charge is 2.25. The number of carbonyl (C=O) groups excluding carboxylic acids is 2. The predicted octanol–water partition coefficient (Wildman–Crippen LogP) is 3.25. The Kier molecular flexibility index (Phi) is 4.77. The molecular weight excluding hydrogens is 383 g/mol. The molecule has 0 spiro atoms. The fraction of sp³-hybridized carbons (Fsp3) is 0.250. The van der Waals surface area contributed by atoms with Crippen molar-refractivity contribution in [2.45, 2.75) is 0 Å². The lowest BCUT2D eigenvalue weighted by molar-refractivity contribution is 0.0535. The summed E-state index contributed by atoms with van der Waals surface area (Å²) in [7, 11) is 0. The van der Waals surface area contributed by atoms with Crippen LogP contribution >= 0.6 is 27.3 Å². The molecule has 1 aromatic heterocycles. The van der Waals surface area contributed by atoms with Crippen LogP contribution in [-0.2, 0) is 0 Å². The second-order valence-electron chi connectivity index (χ2n) is 5.23. The summed E-state index contributed by atoms with van der Waals surface area (Å²) in [4.78, 5) is 28.2. The minimum Gasteiger partial charge on any atom is -0.335 e. The average Bonchev–Trinajstić information content (AvgIpc) is 3.01. The molecule has 0 bridgehead atoms. The number of amides is 2. The van der Waals surface area contributed by atoms with E-state index in [9.17, 15) is 14.0 Å². The number of piperazine rings is 1. The molecule has 0 saturated carbocycles. The summed E-state index contributed by atoms with van der Waals surface area (Å²) in [5.41, 5.74) is 1.13. The molecule has 0 radical (unpaired) electrons. The van der Waals surface area contributed by atoms with Gasteiger partial charge in [-0.3, -0.25) is 9.59 Å². The van der Waals surface area contributed by atoms with E-state index in [1.54, 1.807) is 9.80 Å². The molecule has 0 unspecified atom stereocenters. The highest BCUT2D eigenvalue weighted by atomic mass is 79.9. The maximum absolute atomic E-state index is 12.9. The first-order chi connectivity index (χ1) is 11.0. The van der Waals surface area contributed by atoms with Gasteiger partial charge in [0.05, 0.1) is 9.35 Å². The van der Waals surface area contributed by atoms with E-state index in [0.29, 0.717) is 37.3 Å². The zero-order valence-corrected chi connectivity index (χ0v) is 14.6. The first-order valence-electron chi connectivity index (χ1n) is 7.13. The van der Waals surface area contributed by atoms with Crippen molar-refractivity contribution in [1.29, 1.82) is 0 Å². The van der Waals surface area contributed by atoms with Gasteiger partial charge in [0.25, 0.3) is 11.8 Å². The van der Waals surface area contributed by atoms with Crippen LogP contribution in [0.15, 0.2) is 39.5 Å². The second-order valence-corrected chi connectivity index (χ2v) is 7.52.